The lowest BCUT2D eigenvalue weighted by Gasteiger charge is -2.26. The number of nitrogens with one attached hydrogen (secondary N) is 1. The summed E-state index contributed by atoms with van der Waals surface area (Å²) in [5.41, 5.74) is 0. The first-order chi connectivity index (χ1) is 10.2. The summed E-state index contributed by atoms with van der Waals surface area (Å²) in [5.74, 6) is 2.95. The van der Waals surface area contributed by atoms with Gasteiger partial charge in [-0.3, -0.25) is 4.90 Å². The van der Waals surface area contributed by atoms with E-state index in [9.17, 15) is 0 Å². The Morgan fingerprint density at radius 1 is 1.24 bits per heavy atom. The van der Waals surface area contributed by atoms with E-state index in [0.29, 0.717) is 6.04 Å². The first-order valence-electron chi connectivity index (χ1n) is 8.32. The molecular weight excluding hydrogens is 262 g/mol. The van der Waals surface area contributed by atoms with Crippen LogP contribution in [0.1, 0.15) is 39.9 Å². The van der Waals surface area contributed by atoms with Gasteiger partial charge in [0.25, 0.3) is 0 Å². The first-order valence-corrected chi connectivity index (χ1v) is 8.32. The first kappa shape index (κ1) is 16.0. The van der Waals surface area contributed by atoms with Crippen molar-refractivity contribution in [3.63, 3.8) is 0 Å². The Balaban J connectivity index is 2.13. The Morgan fingerprint density at radius 3 is 2.62 bits per heavy atom. The summed E-state index contributed by atoms with van der Waals surface area (Å²) in [4.78, 5) is 14.2. The molecule has 0 amide bonds. The SMILES string of the molecule is CCNc1cc(N2CCC(N(CC)CC)C2)nc(CC)n1. The Hall–Kier alpha value is -1.36. The van der Waals surface area contributed by atoms with Crippen molar-refractivity contribution >= 4 is 11.6 Å². The predicted molar refractivity (Wildman–Crippen MR) is 89.1 cm³/mol. The number of aryl methyl sites for hydroxylation is 1. The minimum Gasteiger partial charge on any atom is -0.370 e. The van der Waals surface area contributed by atoms with Crippen LogP contribution in [0.5, 0.6) is 0 Å². The molecule has 118 valence electrons. The molecule has 0 radical (unpaired) electrons. The monoisotopic (exact) mass is 291 g/mol. The van der Waals surface area contributed by atoms with Gasteiger partial charge in [0, 0.05) is 38.2 Å². The van der Waals surface area contributed by atoms with Crippen molar-refractivity contribution in [2.75, 3.05) is 42.9 Å². The quantitative estimate of drug-likeness (QED) is 0.835. The summed E-state index contributed by atoms with van der Waals surface area (Å²) in [6.07, 6.45) is 2.10. The van der Waals surface area contributed by atoms with E-state index in [4.69, 9.17) is 4.98 Å². The second-order valence-corrected chi connectivity index (χ2v) is 5.52. The minimum absolute atomic E-state index is 0.655. The number of likely N-dealkylation sites (N-methyl/N-ethyl adjacent to an activating group) is 1. The van der Waals surface area contributed by atoms with Crippen molar-refractivity contribution in [2.24, 2.45) is 0 Å². The van der Waals surface area contributed by atoms with Crippen LogP contribution in [0.3, 0.4) is 0 Å². The molecule has 1 aromatic rings. The summed E-state index contributed by atoms with van der Waals surface area (Å²) >= 11 is 0. The number of hydrogen-bond acceptors (Lipinski definition) is 5. The zero-order valence-corrected chi connectivity index (χ0v) is 13.9. The van der Waals surface area contributed by atoms with E-state index in [-0.39, 0.29) is 0 Å². The molecule has 0 spiro atoms. The molecule has 2 rings (SSSR count). The highest BCUT2D eigenvalue weighted by molar-refractivity contribution is 5.50. The smallest absolute Gasteiger partial charge is 0.134 e. The third-order valence-corrected chi connectivity index (χ3v) is 4.25. The summed E-state index contributed by atoms with van der Waals surface area (Å²) in [6, 6.07) is 2.75. The highest BCUT2D eigenvalue weighted by Crippen LogP contribution is 2.23. The maximum absolute atomic E-state index is 4.72. The lowest BCUT2D eigenvalue weighted by atomic mass is 10.2. The van der Waals surface area contributed by atoms with Crippen molar-refractivity contribution < 1.29 is 0 Å². The largest absolute Gasteiger partial charge is 0.370 e. The van der Waals surface area contributed by atoms with Crippen LogP contribution in [0.15, 0.2) is 6.07 Å². The van der Waals surface area contributed by atoms with Crippen LogP contribution in [0, 0.1) is 0 Å². The van der Waals surface area contributed by atoms with Crippen LogP contribution in [0.25, 0.3) is 0 Å². The van der Waals surface area contributed by atoms with Crippen LogP contribution >= 0.6 is 0 Å². The van der Waals surface area contributed by atoms with Gasteiger partial charge in [-0.25, -0.2) is 9.97 Å². The van der Waals surface area contributed by atoms with Crippen LogP contribution < -0.4 is 10.2 Å². The summed E-state index contributed by atoms with van der Waals surface area (Å²) in [5, 5.41) is 3.31. The normalized spacial score (nSPS) is 18.5. The van der Waals surface area contributed by atoms with E-state index < -0.39 is 0 Å². The molecule has 5 heteroatoms. The Morgan fingerprint density at radius 2 is 2.00 bits per heavy atom. The topological polar surface area (TPSA) is 44.3 Å². The van der Waals surface area contributed by atoms with Gasteiger partial charge in [-0.15, -0.1) is 0 Å². The second-order valence-electron chi connectivity index (χ2n) is 5.52. The van der Waals surface area contributed by atoms with Crippen molar-refractivity contribution in [3.05, 3.63) is 11.9 Å². The molecule has 1 fully saturated rings. The van der Waals surface area contributed by atoms with E-state index in [1.807, 2.05) is 0 Å². The van der Waals surface area contributed by atoms with E-state index in [1.54, 1.807) is 0 Å². The van der Waals surface area contributed by atoms with E-state index in [1.165, 1.54) is 6.42 Å². The zero-order chi connectivity index (χ0) is 15.2. The second kappa shape index (κ2) is 7.59. The van der Waals surface area contributed by atoms with Gasteiger partial charge in [-0.1, -0.05) is 20.8 Å². The molecule has 1 N–H and O–H groups in total. The highest BCUT2D eigenvalue weighted by atomic mass is 15.3. The molecule has 1 atom stereocenters. The predicted octanol–water partition coefficient (Wildman–Crippen LogP) is 2.39. The van der Waals surface area contributed by atoms with Crippen molar-refractivity contribution in [1.82, 2.24) is 14.9 Å². The summed E-state index contributed by atoms with van der Waals surface area (Å²) in [6.45, 7) is 14.0. The van der Waals surface area contributed by atoms with Gasteiger partial charge >= 0.3 is 0 Å². The van der Waals surface area contributed by atoms with Gasteiger partial charge in [0.05, 0.1) is 0 Å². The molecule has 1 aromatic heterocycles. The maximum atomic E-state index is 4.72. The van der Waals surface area contributed by atoms with Crippen molar-refractivity contribution in [2.45, 2.75) is 46.6 Å². The van der Waals surface area contributed by atoms with Gasteiger partial charge in [-0.2, -0.15) is 0 Å². The molecule has 1 aliphatic heterocycles. The van der Waals surface area contributed by atoms with Gasteiger partial charge in [0.15, 0.2) is 0 Å². The third kappa shape index (κ3) is 3.84. The third-order valence-electron chi connectivity index (χ3n) is 4.25. The molecule has 1 unspecified atom stereocenters. The standard InChI is InChI=1S/C16H29N5/c1-5-14-18-15(17-6-2)11-16(19-14)21-10-9-13(12-21)20(7-3)8-4/h11,13H,5-10,12H2,1-4H3,(H,17,18,19). The summed E-state index contributed by atoms with van der Waals surface area (Å²) < 4.78 is 0. The fourth-order valence-electron chi connectivity index (χ4n) is 3.06. The molecule has 0 bridgehead atoms. The zero-order valence-electron chi connectivity index (χ0n) is 13.9. The van der Waals surface area contributed by atoms with Crippen LogP contribution in [0.2, 0.25) is 0 Å². The molecule has 0 aliphatic carbocycles. The molecule has 1 aliphatic rings. The fraction of sp³-hybridized carbons (Fsp3) is 0.750. The molecule has 0 aromatic carbocycles. The number of nitrogens with zero attached hydrogens (tertiary/aromatic N) is 4. The Kier molecular flexibility index (Phi) is 5.79. The fourth-order valence-corrected chi connectivity index (χ4v) is 3.06. The maximum Gasteiger partial charge on any atom is 0.134 e. The Labute approximate surface area is 128 Å². The molecule has 5 nitrogen and oxygen atoms in total. The number of hydrogen-bond donors (Lipinski definition) is 1. The van der Waals surface area contributed by atoms with Crippen molar-refractivity contribution in [3.8, 4) is 0 Å². The van der Waals surface area contributed by atoms with E-state index >= 15 is 0 Å². The molecule has 0 saturated carbocycles. The lowest BCUT2D eigenvalue weighted by molar-refractivity contribution is 0.232. The van der Waals surface area contributed by atoms with Crippen LogP contribution in [0.4, 0.5) is 11.6 Å². The van der Waals surface area contributed by atoms with Crippen molar-refractivity contribution in [1.29, 1.82) is 0 Å². The van der Waals surface area contributed by atoms with Crippen LogP contribution in [-0.2, 0) is 6.42 Å². The number of rotatable bonds is 7. The van der Waals surface area contributed by atoms with E-state index in [2.05, 4.69) is 53.9 Å². The average molecular weight is 291 g/mol. The van der Waals surface area contributed by atoms with Gasteiger partial charge in [0.2, 0.25) is 0 Å². The van der Waals surface area contributed by atoms with Gasteiger partial charge in [-0.05, 0) is 26.4 Å². The molecule has 1 saturated heterocycles. The van der Waals surface area contributed by atoms with Gasteiger partial charge in [0.1, 0.15) is 17.5 Å². The molecular formula is C16H29N5. The Bertz CT molecular complexity index is 444. The van der Waals surface area contributed by atoms with Crippen LogP contribution in [-0.4, -0.2) is 53.6 Å². The average Bonchev–Trinajstić information content (AvgIpc) is 2.98. The number of anilines is 2. The van der Waals surface area contributed by atoms with E-state index in [0.717, 1.165) is 56.6 Å². The number of aromatic nitrogens is 2. The van der Waals surface area contributed by atoms with Gasteiger partial charge < -0.3 is 10.2 Å². The molecule has 2 heterocycles. The lowest BCUT2D eigenvalue weighted by Crippen LogP contribution is -2.37. The molecule has 21 heavy (non-hydrogen) atoms. The highest BCUT2D eigenvalue weighted by Gasteiger charge is 2.27. The summed E-state index contributed by atoms with van der Waals surface area (Å²) in [7, 11) is 0. The minimum atomic E-state index is 0.655.